The first-order chi connectivity index (χ1) is 13.3. The maximum absolute atomic E-state index is 12.6. The predicted octanol–water partition coefficient (Wildman–Crippen LogP) is 3.89. The highest BCUT2D eigenvalue weighted by atomic mass is 19.4. The maximum Gasteiger partial charge on any atom is 0.416 e. The molecule has 1 aromatic heterocycles. The highest BCUT2D eigenvalue weighted by molar-refractivity contribution is 5.98. The Morgan fingerprint density at radius 3 is 2.29 bits per heavy atom. The van der Waals surface area contributed by atoms with E-state index in [1.165, 1.54) is 12.1 Å². The molecular weight excluding hydrogens is 367 g/mol. The van der Waals surface area contributed by atoms with Crippen molar-refractivity contribution >= 4 is 5.84 Å². The summed E-state index contributed by atoms with van der Waals surface area (Å²) in [6.07, 6.45) is -2.33. The first-order valence-electron chi connectivity index (χ1n) is 8.55. The number of aliphatic imine (C=N–C) groups is 1. The second-order valence-electron chi connectivity index (χ2n) is 6.27. The second-order valence-corrected chi connectivity index (χ2v) is 6.27. The summed E-state index contributed by atoms with van der Waals surface area (Å²) in [5, 5.41) is 0. The van der Waals surface area contributed by atoms with Crippen LogP contribution in [0.15, 0.2) is 76.6 Å². The van der Waals surface area contributed by atoms with E-state index in [1.54, 1.807) is 12.3 Å². The molecule has 0 spiro atoms. The van der Waals surface area contributed by atoms with Gasteiger partial charge in [0.1, 0.15) is 5.84 Å². The molecule has 0 bridgehead atoms. The molecule has 0 saturated heterocycles. The van der Waals surface area contributed by atoms with Crippen molar-refractivity contribution in [3.8, 4) is 0 Å². The second kappa shape index (κ2) is 8.12. The lowest BCUT2D eigenvalue weighted by Crippen LogP contribution is -2.27. The fourth-order valence-electron chi connectivity index (χ4n) is 2.82. The molecule has 144 valence electrons. The zero-order valence-corrected chi connectivity index (χ0v) is 14.8. The van der Waals surface area contributed by atoms with Gasteiger partial charge in [0.05, 0.1) is 17.7 Å². The number of nitrogens with two attached hydrogens (primary N) is 1. The summed E-state index contributed by atoms with van der Waals surface area (Å²) >= 11 is 0. The molecule has 0 aliphatic rings. The Bertz CT molecular complexity index is 1020. The molecule has 1 heterocycles. The van der Waals surface area contributed by atoms with Crippen molar-refractivity contribution in [2.75, 3.05) is 0 Å². The number of nitrogens with one attached hydrogen (secondary N) is 1. The lowest BCUT2D eigenvalue weighted by atomic mass is 10.0. The maximum atomic E-state index is 12.6. The Morgan fingerprint density at radius 2 is 1.64 bits per heavy atom. The highest BCUT2D eigenvalue weighted by Gasteiger charge is 2.29. The number of hydrogen-bond acceptors (Lipinski definition) is 2. The zero-order valence-electron chi connectivity index (χ0n) is 14.8. The number of aromatic nitrogens is 1. The van der Waals surface area contributed by atoms with Gasteiger partial charge in [-0.3, -0.25) is 9.79 Å². The number of amidine groups is 1. The lowest BCUT2D eigenvalue weighted by molar-refractivity contribution is -0.137. The molecule has 0 atom stereocenters. The first kappa shape index (κ1) is 19.4. The summed E-state index contributed by atoms with van der Waals surface area (Å²) in [7, 11) is 0. The number of hydrogen-bond donors (Lipinski definition) is 2. The van der Waals surface area contributed by atoms with E-state index in [0.29, 0.717) is 12.0 Å². The minimum absolute atomic E-state index is 0.0488. The molecule has 0 radical (unpaired) electrons. The Morgan fingerprint density at radius 1 is 0.964 bits per heavy atom. The zero-order chi connectivity index (χ0) is 20.1. The van der Waals surface area contributed by atoms with Crippen molar-refractivity contribution in [2.45, 2.75) is 19.1 Å². The van der Waals surface area contributed by atoms with Crippen LogP contribution in [0.1, 0.15) is 27.8 Å². The molecule has 0 unspecified atom stereocenters. The van der Waals surface area contributed by atoms with Gasteiger partial charge in [-0.25, -0.2) is 0 Å². The quantitative estimate of drug-likeness (QED) is 0.517. The van der Waals surface area contributed by atoms with Crippen LogP contribution >= 0.6 is 0 Å². The SMILES string of the molecule is NC(=NCc1ccc(C(F)(F)F)cc1)c1c(Cc2ccccc2)cc[nH]c1=O. The van der Waals surface area contributed by atoms with Crippen LogP contribution in [0.5, 0.6) is 0 Å². The molecule has 7 heteroatoms. The van der Waals surface area contributed by atoms with Crippen molar-refractivity contribution in [1.29, 1.82) is 0 Å². The number of H-pyrrole nitrogens is 1. The molecule has 0 fully saturated rings. The van der Waals surface area contributed by atoms with Gasteiger partial charge in [-0.1, -0.05) is 42.5 Å². The van der Waals surface area contributed by atoms with Crippen LogP contribution < -0.4 is 11.3 Å². The number of rotatable bonds is 5. The van der Waals surface area contributed by atoms with Crippen LogP contribution in [0, 0.1) is 0 Å². The molecule has 28 heavy (non-hydrogen) atoms. The summed E-state index contributed by atoms with van der Waals surface area (Å²) in [5.41, 5.74) is 7.55. The average Bonchev–Trinajstić information content (AvgIpc) is 2.67. The summed E-state index contributed by atoms with van der Waals surface area (Å²) < 4.78 is 37.9. The van der Waals surface area contributed by atoms with E-state index >= 15 is 0 Å². The van der Waals surface area contributed by atoms with Crippen molar-refractivity contribution in [3.05, 3.63) is 105 Å². The van der Waals surface area contributed by atoms with Gasteiger partial charge in [-0.15, -0.1) is 0 Å². The number of alkyl halides is 3. The monoisotopic (exact) mass is 385 g/mol. The number of halogens is 3. The van der Waals surface area contributed by atoms with Gasteiger partial charge in [0.15, 0.2) is 0 Å². The third-order valence-electron chi connectivity index (χ3n) is 4.25. The largest absolute Gasteiger partial charge is 0.416 e. The molecule has 2 aromatic carbocycles. The van der Waals surface area contributed by atoms with Gasteiger partial charge in [0.25, 0.3) is 5.56 Å². The summed E-state index contributed by atoms with van der Waals surface area (Å²) in [5.74, 6) is 0.0488. The molecule has 3 N–H and O–H groups in total. The molecular formula is C21H18F3N3O. The minimum Gasteiger partial charge on any atom is -0.383 e. The van der Waals surface area contributed by atoms with Crippen LogP contribution in [0.3, 0.4) is 0 Å². The fraction of sp³-hybridized carbons (Fsp3) is 0.143. The van der Waals surface area contributed by atoms with E-state index < -0.39 is 11.7 Å². The van der Waals surface area contributed by atoms with Crippen molar-refractivity contribution in [2.24, 2.45) is 10.7 Å². The molecule has 3 aromatic rings. The van der Waals surface area contributed by atoms with Gasteiger partial charge >= 0.3 is 6.18 Å². The molecule has 0 aliphatic heterocycles. The van der Waals surface area contributed by atoms with E-state index in [-0.39, 0.29) is 23.5 Å². The van der Waals surface area contributed by atoms with E-state index in [2.05, 4.69) is 9.98 Å². The Hall–Kier alpha value is -3.35. The van der Waals surface area contributed by atoms with Gasteiger partial charge in [0.2, 0.25) is 0 Å². The van der Waals surface area contributed by atoms with Crippen LogP contribution in [0.4, 0.5) is 13.2 Å². The topological polar surface area (TPSA) is 71.2 Å². The standard InChI is InChI=1S/C21H18F3N3O/c22-21(23,24)17-8-6-15(7-9-17)13-27-19(25)18-16(10-11-26-20(18)28)12-14-4-2-1-3-5-14/h1-11H,12-13H2,(H2,25,27)(H,26,28). The highest BCUT2D eigenvalue weighted by Crippen LogP contribution is 2.29. The van der Waals surface area contributed by atoms with Crippen LogP contribution in [0.25, 0.3) is 0 Å². The van der Waals surface area contributed by atoms with Gasteiger partial charge in [-0.05, 0) is 41.3 Å². The van der Waals surface area contributed by atoms with E-state index in [0.717, 1.165) is 23.3 Å². The van der Waals surface area contributed by atoms with E-state index in [1.807, 2.05) is 30.3 Å². The van der Waals surface area contributed by atoms with E-state index in [4.69, 9.17) is 5.73 Å². The lowest BCUT2D eigenvalue weighted by Gasteiger charge is -2.09. The molecule has 0 aliphatic carbocycles. The van der Waals surface area contributed by atoms with Crippen LogP contribution in [0.2, 0.25) is 0 Å². The van der Waals surface area contributed by atoms with Gasteiger partial charge in [0, 0.05) is 6.20 Å². The first-order valence-corrected chi connectivity index (χ1v) is 8.55. The van der Waals surface area contributed by atoms with Crippen molar-refractivity contribution in [1.82, 2.24) is 4.98 Å². The Kier molecular flexibility index (Phi) is 5.63. The average molecular weight is 385 g/mol. The minimum atomic E-state index is -4.38. The summed E-state index contributed by atoms with van der Waals surface area (Å²) in [4.78, 5) is 19.1. The molecule has 0 amide bonds. The molecule has 0 saturated carbocycles. The van der Waals surface area contributed by atoms with Crippen LogP contribution in [-0.2, 0) is 19.1 Å². The number of nitrogens with zero attached hydrogens (tertiary/aromatic N) is 1. The van der Waals surface area contributed by atoms with Gasteiger partial charge in [-0.2, -0.15) is 13.2 Å². The van der Waals surface area contributed by atoms with Crippen molar-refractivity contribution < 1.29 is 13.2 Å². The van der Waals surface area contributed by atoms with E-state index in [9.17, 15) is 18.0 Å². The van der Waals surface area contributed by atoms with Gasteiger partial charge < -0.3 is 10.7 Å². The summed E-state index contributed by atoms with van der Waals surface area (Å²) in [6, 6.07) is 16.1. The third kappa shape index (κ3) is 4.68. The van der Waals surface area contributed by atoms with Crippen molar-refractivity contribution in [3.63, 3.8) is 0 Å². The predicted molar refractivity (Wildman–Crippen MR) is 102 cm³/mol. The smallest absolute Gasteiger partial charge is 0.383 e. The summed E-state index contributed by atoms with van der Waals surface area (Å²) in [6.45, 7) is 0.0725. The molecule has 3 rings (SSSR count). The number of aromatic amines is 1. The number of benzene rings is 2. The Balaban J connectivity index is 1.83. The van der Waals surface area contributed by atoms with Crippen LogP contribution in [-0.4, -0.2) is 10.8 Å². The fourth-order valence-corrected chi connectivity index (χ4v) is 2.82. The molecule has 4 nitrogen and oxygen atoms in total. The third-order valence-corrected chi connectivity index (χ3v) is 4.25. The Labute approximate surface area is 159 Å². The number of pyridine rings is 1. The normalized spacial score (nSPS) is 12.2.